The molecule has 1 saturated heterocycles. The molecule has 2 heterocycles. The lowest BCUT2D eigenvalue weighted by molar-refractivity contribution is 0.100. The SMILES string of the molecule is NC(=O)c1ccsc1NC(=O)c1ccc(-c2ccc(CN3CC(N)C3)cc2)cc1. The average Bonchev–Trinajstić information content (AvgIpc) is 3.16. The highest BCUT2D eigenvalue weighted by Gasteiger charge is 2.22. The molecule has 0 saturated carbocycles. The summed E-state index contributed by atoms with van der Waals surface area (Å²) in [4.78, 5) is 26.2. The Morgan fingerprint density at radius 3 is 2.21 bits per heavy atom. The highest BCUT2D eigenvalue weighted by atomic mass is 32.1. The van der Waals surface area contributed by atoms with Crippen molar-refractivity contribution in [2.75, 3.05) is 18.4 Å². The number of carbonyl (C=O) groups excluding carboxylic acids is 2. The number of nitrogens with one attached hydrogen (secondary N) is 1. The van der Waals surface area contributed by atoms with E-state index in [1.807, 2.05) is 12.1 Å². The summed E-state index contributed by atoms with van der Waals surface area (Å²) in [5.74, 6) is -0.832. The summed E-state index contributed by atoms with van der Waals surface area (Å²) in [6, 6.07) is 17.7. The molecule has 1 aliphatic heterocycles. The predicted molar refractivity (Wildman–Crippen MR) is 116 cm³/mol. The standard InChI is InChI=1S/C22H22N4O2S/c23-18-12-26(13-18)11-14-1-3-15(4-2-14)16-5-7-17(8-6-16)21(28)25-22-19(20(24)27)9-10-29-22/h1-10,18H,11-13,23H2,(H2,24,27)(H,25,28). The molecule has 29 heavy (non-hydrogen) atoms. The number of amides is 2. The van der Waals surface area contributed by atoms with Crippen molar-refractivity contribution in [2.24, 2.45) is 11.5 Å². The van der Waals surface area contributed by atoms with Crippen molar-refractivity contribution in [1.82, 2.24) is 4.90 Å². The fourth-order valence-electron chi connectivity index (χ4n) is 3.39. The average molecular weight is 407 g/mol. The van der Waals surface area contributed by atoms with Crippen molar-refractivity contribution in [1.29, 1.82) is 0 Å². The fourth-order valence-corrected chi connectivity index (χ4v) is 4.18. The van der Waals surface area contributed by atoms with Gasteiger partial charge in [0.15, 0.2) is 0 Å². The third-order valence-electron chi connectivity index (χ3n) is 4.98. The van der Waals surface area contributed by atoms with E-state index in [2.05, 4.69) is 34.5 Å². The zero-order valence-corrected chi connectivity index (χ0v) is 16.6. The van der Waals surface area contributed by atoms with E-state index < -0.39 is 5.91 Å². The maximum absolute atomic E-state index is 12.5. The molecule has 2 aromatic carbocycles. The minimum absolute atomic E-state index is 0.274. The largest absolute Gasteiger partial charge is 0.366 e. The van der Waals surface area contributed by atoms with Crippen molar-refractivity contribution in [3.63, 3.8) is 0 Å². The Morgan fingerprint density at radius 2 is 1.62 bits per heavy atom. The van der Waals surface area contributed by atoms with Gasteiger partial charge in [-0.3, -0.25) is 14.5 Å². The number of thiophene rings is 1. The third kappa shape index (κ3) is 4.37. The molecule has 3 aromatic rings. The fraction of sp³-hybridized carbons (Fsp3) is 0.182. The summed E-state index contributed by atoms with van der Waals surface area (Å²) in [7, 11) is 0. The summed E-state index contributed by atoms with van der Waals surface area (Å²) < 4.78 is 0. The first-order chi connectivity index (χ1) is 14.0. The van der Waals surface area contributed by atoms with E-state index in [4.69, 9.17) is 11.5 Å². The van der Waals surface area contributed by atoms with Crippen molar-refractivity contribution in [2.45, 2.75) is 12.6 Å². The van der Waals surface area contributed by atoms with Crippen LogP contribution in [-0.2, 0) is 6.54 Å². The first-order valence-corrected chi connectivity index (χ1v) is 10.2. The summed E-state index contributed by atoms with van der Waals surface area (Å²) in [6.07, 6.45) is 0. The second-order valence-electron chi connectivity index (χ2n) is 7.21. The number of nitrogens with zero attached hydrogens (tertiary/aromatic N) is 1. The minimum atomic E-state index is -0.558. The van der Waals surface area contributed by atoms with Gasteiger partial charge in [0.05, 0.1) is 5.56 Å². The van der Waals surface area contributed by atoms with Crippen LogP contribution in [0.4, 0.5) is 5.00 Å². The highest BCUT2D eigenvalue weighted by Crippen LogP contribution is 2.25. The molecule has 1 aliphatic rings. The topological polar surface area (TPSA) is 101 Å². The number of nitrogens with two attached hydrogens (primary N) is 2. The summed E-state index contributed by atoms with van der Waals surface area (Å²) in [5, 5.41) is 4.94. The Labute approximate surface area is 173 Å². The Kier molecular flexibility index (Phi) is 5.44. The minimum Gasteiger partial charge on any atom is -0.366 e. The number of hydrogen-bond acceptors (Lipinski definition) is 5. The lowest BCUT2D eigenvalue weighted by atomic mass is 10.0. The quantitative estimate of drug-likeness (QED) is 0.586. The van der Waals surface area contributed by atoms with Crippen LogP contribution in [0.5, 0.6) is 0 Å². The molecule has 6 nitrogen and oxygen atoms in total. The van der Waals surface area contributed by atoms with Crippen LogP contribution in [-0.4, -0.2) is 35.8 Å². The van der Waals surface area contributed by atoms with Gasteiger partial charge in [0.2, 0.25) is 0 Å². The monoisotopic (exact) mass is 406 g/mol. The zero-order chi connectivity index (χ0) is 20.4. The second-order valence-corrected chi connectivity index (χ2v) is 8.13. The first-order valence-electron chi connectivity index (χ1n) is 9.35. The van der Waals surface area contributed by atoms with Crippen LogP contribution in [0.2, 0.25) is 0 Å². The number of primary amides is 1. The second kappa shape index (κ2) is 8.16. The molecular weight excluding hydrogens is 384 g/mol. The van der Waals surface area contributed by atoms with Crippen LogP contribution in [0.15, 0.2) is 60.0 Å². The summed E-state index contributed by atoms with van der Waals surface area (Å²) in [6.45, 7) is 2.83. The Balaban J connectivity index is 1.41. The molecule has 0 radical (unpaired) electrons. The van der Waals surface area contributed by atoms with Gasteiger partial charge in [-0.1, -0.05) is 36.4 Å². The molecule has 1 aromatic heterocycles. The van der Waals surface area contributed by atoms with E-state index in [0.717, 1.165) is 30.8 Å². The van der Waals surface area contributed by atoms with Gasteiger partial charge in [-0.15, -0.1) is 11.3 Å². The molecule has 2 amide bonds. The number of benzene rings is 2. The van der Waals surface area contributed by atoms with Gasteiger partial charge in [0, 0.05) is 31.2 Å². The van der Waals surface area contributed by atoms with Crippen LogP contribution in [0.25, 0.3) is 11.1 Å². The molecule has 7 heteroatoms. The highest BCUT2D eigenvalue weighted by molar-refractivity contribution is 7.14. The molecule has 0 unspecified atom stereocenters. The molecule has 4 rings (SSSR count). The van der Waals surface area contributed by atoms with Crippen molar-refractivity contribution < 1.29 is 9.59 Å². The van der Waals surface area contributed by atoms with Gasteiger partial charge in [-0.05, 0) is 40.3 Å². The molecule has 5 N–H and O–H groups in total. The zero-order valence-electron chi connectivity index (χ0n) is 15.8. The maximum Gasteiger partial charge on any atom is 0.256 e. The van der Waals surface area contributed by atoms with Gasteiger partial charge >= 0.3 is 0 Å². The van der Waals surface area contributed by atoms with Crippen molar-refractivity contribution >= 4 is 28.2 Å². The number of anilines is 1. The number of rotatable bonds is 6. The molecule has 0 spiro atoms. The summed E-state index contributed by atoms with van der Waals surface area (Å²) >= 11 is 1.27. The summed E-state index contributed by atoms with van der Waals surface area (Å²) in [5.41, 5.74) is 15.4. The van der Waals surface area contributed by atoms with Crippen LogP contribution in [0.3, 0.4) is 0 Å². The van der Waals surface area contributed by atoms with Crippen LogP contribution < -0.4 is 16.8 Å². The van der Waals surface area contributed by atoms with Gasteiger partial charge in [0.25, 0.3) is 11.8 Å². The normalized spacial score (nSPS) is 14.4. The van der Waals surface area contributed by atoms with E-state index in [0.29, 0.717) is 22.2 Å². The molecular formula is C22H22N4O2S. The van der Waals surface area contributed by atoms with E-state index in [1.54, 1.807) is 23.6 Å². The first kappa shape index (κ1) is 19.3. The van der Waals surface area contributed by atoms with Crippen LogP contribution in [0, 0.1) is 0 Å². The molecule has 148 valence electrons. The number of hydrogen-bond donors (Lipinski definition) is 3. The maximum atomic E-state index is 12.5. The number of carbonyl (C=O) groups is 2. The van der Waals surface area contributed by atoms with E-state index >= 15 is 0 Å². The van der Waals surface area contributed by atoms with Gasteiger partial charge in [-0.25, -0.2) is 0 Å². The predicted octanol–water partition coefficient (Wildman–Crippen LogP) is 2.91. The van der Waals surface area contributed by atoms with E-state index in [1.165, 1.54) is 16.9 Å². The van der Waals surface area contributed by atoms with Crippen molar-refractivity contribution in [3.8, 4) is 11.1 Å². The van der Waals surface area contributed by atoms with E-state index in [-0.39, 0.29) is 5.91 Å². The number of likely N-dealkylation sites (tertiary alicyclic amines) is 1. The smallest absolute Gasteiger partial charge is 0.256 e. The molecule has 0 bridgehead atoms. The molecule has 0 aliphatic carbocycles. The lowest BCUT2D eigenvalue weighted by Gasteiger charge is -2.36. The molecule has 1 fully saturated rings. The van der Waals surface area contributed by atoms with Gasteiger partial charge in [-0.2, -0.15) is 0 Å². The Bertz CT molecular complexity index is 1020. The lowest BCUT2D eigenvalue weighted by Crippen LogP contribution is -2.54. The Morgan fingerprint density at radius 1 is 1.00 bits per heavy atom. The Hall–Kier alpha value is -3.00. The van der Waals surface area contributed by atoms with Crippen LogP contribution in [0.1, 0.15) is 26.3 Å². The van der Waals surface area contributed by atoms with E-state index in [9.17, 15) is 9.59 Å². The van der Waals surface area contributed by atoms with Crippen LogP contribution >= 0.6 is 11.3 Å². The van der Waals surface area contributed by atoms with Gasteiger partial charge < -0.3 is 16.8 Å². The molecule has 0 atom stereocenters. The van der Waals surface area contributed by atoms with Gasteiger partial charge in [0.1, 0.15) is 5.00 Å². The van der Waals surface area contributed by atoms with Crippen molar-refractivity contribution in [3.05, 3.63) is 76.7 Å². The third-order valence-corrected chi connectivity index (χ3v) is 5.81.